The molecule has 0 saturated heterocycles. The summed E-state index contributed by atoms with van der Waals surface area (Å²) in [7, 11) is 0. The van der Waals surface area contributed by atoms with Crippen LogP contribution in [-0.4, -0.2) is 5.91 Å². The molecule has 0 aliphatic rings. The van der Waals surface area contributed by atoms with Gasteiger partial charge >= 0.3 is 0 Å². The van der Waals surface area contributed by atoms with Gasteiger partial charge in [0, 0.05) is 4.47 Å². The number of hydrogen-bond donors (Lipinski definition) is 1. The third-order valence-electron chi connectivity index (χ3n) is 2.50. The van der Waals surface area contributed by atoms with Crippen molar-refractivity contribution >= 4 is 27.5 Å². The molecule has 0 aromatic heterocycles. The number of hydrogen-bond acceptors (Lipinski definition) is 2. The summed E-state index contributed by atoms with van der Waals surface area (Å²) >= 11 is 3.42. The normalized spacial score (nSPS) is 11.6. The van der Waals surface area contributed by atoms with E-state index in [4.69, 9.17) is 5.26 Å². The topological polar surface area (TPSA) is 52.9 Å². The fourth-order valence-electron chi connectivity index (χ4n) is 1.51. The first-order valence-electron chi connectivity index (χ1n) is 5.55. The van der Waals surface area contributed by atoms with Crippen molar-refractivity contribution in [2.75, 3.05) is 5.32 Å². The lowest BCUT2D eigenvalue weighted by Crippen LogP contribution is -2.21. The Kier molecular flexibility index (Phi) is 5.17. The standard InChI is InChI=1S/C13H15BrN2O/c1-3-5-10(8-15)13(17)16-11-7-4-6-9(2)12(11)14/h4,6-7,10H,3,5H2,1-2H3,(H,16,17). The predicted molar refractivity (Wildman–Crippen MR) is 71.5 cm³/mol. The molecule has 0 bridgehead atoms. The summed E-state index contributed by atoms with van der Waals surface area (Å²) in [5.41, 5.74) is 1.76. The quantitative estimate of drug-likeness (QED) is 0.922. The van der Waals surface area contributed by atoms with Crippen molar-refractivity contribution < 1.29 is 4.79 Å². The van der Waals surface area contributed by atoms with Crippen molar-refractivity contribution in [1.82, 2.24) is 0 Å². The van der Waals surface area contributed by atoms with Gasteiger partial charge in [0.05, 0.1) is 11.8 Å². The molecule has 0 radical (unpaired) electrons. The number of halogens is 1. The van der Waals surface area contributed by atoms with Gasteiger partial charge in [-0.2, -0.15) is 5.26 Å². The van der Waals surface area contributed by atoms with Crippen LogP contribution in [0.15, 0.2) is 22.7 Å². The number of nitriles is 1. The van der Waals surface area contributed by atoms with Gasteiger partial charge in [-0.15, -0.1) is 0 Å². The van der Waals surface area contributed by atoms with Crippen molar-refractivity contribution in [3.8, 4) is 6.07 Å². The molecule has 4 heteroatoms. The van der Waals surface area contributed by atoms with Crippen LogP contribution in [0.5, 0.6) is 0 Å². The lowest BCUT2D eigenvalue weighted by molar-refractivity contribution is -0.118. The Labute approximate surface area is 110 Å². The molecule has 1 N–H and O–H groups in total. The summed E-state index contributed by atoms with van der Waals surface area (Å²) in [6.45, 7) is 3.91. The summed E-state index contributed by atoms with van der Waals surface area (Å²) in [6.07, 6.45) is 1.41. The van der Waals surface area contributed by atoms with E-state index in [0.29, 0.717) is 12.1 Å². The second-order valence-corrected chi connectivity index (χ2v) is 4.69. The third-order valence-corrected chi connectivity index (χ3v) is 3.55. The highest BCUT2D eigenvalue weighted by Gasteiger charge is 2.17. The van der Waals surface area contributed by atoms with E-state index in [0.717, 1.165) is 16.5 Å². The van der Waals surface area contributed by atoms with Crippen LogP contribution in [0.3, 0.4) is 0 Å². The first-order chi connectivity index (χ1) is 8.10. The summed E-state index contributed by atoms with van der Waals surface area (Å²) in [4.78, 5) is 11.8. The Morgan fingerprint density at radius 3 is 2.88 bits per heavy atom. The molecule has 1 aromatic carbocycles. The lowest BCUT2D eigenvalue weighted by Gasteiger charge is -2.11. The number of rotatable bonds is 4. The maximum atomic E-state index is 11.8. The summed E-state index contributed by atoms with van der Waals surface area (Å²) in [6, 6.07) is 7.67. The molecule has 0 aliphatic heterocycles. The fourth-order valence-corrected chi connectivity index (χ4v) is 1.87. The summed E-state index contributed by atoms with van der Waals surface area (Å²) in [5.74, 6) is -0.812. The van der Waals surface area contributed by atoms with Crippen molar-refractivity contribution in [3.05, 3.63) is 28.2 Å². The number of anilines is 1. The molecule has 1 aromatic rings. The molecule has 0 spiro atoms. The van der Waals surface area contributed by atoms with Crippen LogP contribution >= 0.6 is 15.9 Å². The van der Waals surface area contributed by atoms with Gasteiger partial charge in [0.2, 0.25) is 5.91 Å². The highest BCUT2D eigenvalue weighted by molar-refractivity contribution is 9.10. The van der Waals surface area contributed by atoms with Crippen LogP contribution in [0.2, 0.25) is 0 Å². The average molecular weight is 295 g/mol. The lowest BCUT2D eigenvalue weighted by atomic mass is 10.0. The van der Waals surface area contributed by atoms with Gasteiger partial charge in [0.15, 0.2) is 0 Å². The van der Waals surface area contributed by atoms with Gasteiger partial charge in [0.1, 0.15) is 5.92 Å². The van der Waals surface area contributed by atoms with E-state index >= 15 is 0 Å². The zero-order chi connectivity index (χ0) is 12.8. The highest BCUT2D eigenvalue weighted by Crippen LogP contribution is 2.26. The number of amides is 1. The maximum absolute atomic E-state index is 11.8. The third kappa shape index (κ3) is 3.57. The van der Waals surface area contributed by atoms with Crippen molar-refractivity contribution in [1.29, 1.82) is 5.26 Å². The summed E-state index contributed by atoms with van der Waals surface area (Å²) in [5, 5.41) is 11.7. The Morgan fingerprint density at radius 1 is 1.59 bits per heavy atom. The van der Waals surface area contributed by atoms with Crippen LogP contribution < -0.4 is 5.32 Å². The Hall–Kier alpha value is -1.34. The van der Waals surface area contributed by atoms with Gasteiger partial charge in [-0.25, -0.2) is 0 Å². The van der Waals surface area contributed by atoms with Gasteiger partial charge in [0.25, 0.3) is 0 Å². The molecule has 1 rings (SSSR count). The second kappa shape index (κ2) is 6.41. The van der Waals surface area contributed by atoms with E-state index < -0.39 is 5.92 Å². The van der Waals surface area contributed by atoms with Crippen molar-refractivity contribution in [3.63, 3.8) is 0 Å². The van der Waals surface area contributed by atoms with Crippen LogP contribution in [0.4, 0.5) is 5.69 Å². The van der Waals surface area contributed by atoms with E-state index in [1.807, 2.05) is 38.1 Å². The molecule has 0 aliphatic carbocycles. The van der Waals surface area contributed by atoms with Crippen LogP contribution in [0, 0.1) is 24.2 Å². The molecule has 1 unspecified atom stereocenters. The minimum atomic E-state index is -0.576. The fraction of sp³-hybridized carbons (Fsp3) is 0.385. The van der Waals surface area contributed by atoms with Gasteiger partial charge < -0.3 is 5.32 Å². The van der Waals surface area contributed by atoms with Crippen molar-refractivity contribution in [2.24, 2.45) is 5.92 Å². The van der Waals surface area contributed by atoms with Crippen LogP contribution in [0.25, 0.3) is 0 Å². The predicted octanol–water partition coefficient (Wildman–Crippen LogP) is 3.64. The zero-order valence-electron chi connectivity index (χ0n) is 9.96. The Balaban J connectivity index is 2.81. The highest BCUT2D eigenvalue weighted by atomic mass is 79.9. The van der Waals surface area contributed by atoms with Crippen LogP contribution in [0.1, 0.15) is 25.3 Å². The molecule has 0 fully saturated rings. The molecule has 3 nitrogen and oxygen atoms in total. The zero-order valence-corrected chi connectivity index (χ0v) is 11.5. The number of carbonyl (C=O) groups is 1. The smallest absolute Gasteiger partial charge is 0.241 e. The van der Waals surface area contributed by atoms with E-state index in [1.54, 1.807) is 0 Å². The van der Waals surface area contributed by atoms with E-state index in [9.17, 15) is 4.79 Å². The molecule has 0 saturated carbocycles. The molecular weight excluding hydrogens is 280 g/mol. The van der Waals surface area contributed by atoms with E-state index in [-0.39, 0.29) is 5.91 Å². The molecule has 1 amide bonds. The monoisotopic (exact) mass is 294 g/mol. The first-order valence-corrected chi connectivity index (χ1v) is 6.35. The minimum Gasteiger partial charge on any atom is -0.324 e. The number of nitrogens with zero attached hydrogens (tertiary/aromatic N) is 1. The van der Waals surface area contributed by atoms with Gasteiger partial charge in [-0.1, -0.05) is 25.5 Å². The Morgan fingerprint density at radius 2 is 2.29 bits per heavy atom. The maximum Gasteiger partial charge on any atom is 0.241 e. The number of carbonyl (C=O) groups excluding carboxylic acids is 1. The number of benzene rings is 1. The SMILES string of the molecule is CCCC(C#N)C(=O)Nc1cccc(C)c1Br. The van der Waals surface area contributed by atoms with E-state index in [1.165, 1.54) is 0 Å². The van der Waals surface area contributed by atoms with Crippen molar-refractivity contribution in [2.45, 2.75) is 26.7 Å². The minimum absolute atomic E-state index is 0.236. The molecular formula is C13H15BrN2O. The number of nitrogens with one attached hydrogen (secondary N) is 1. The van der Waals surface area contributed by atoms with Crippen LogP contribution in [-0.2, 0) is 4.79 Å². The molecule has 17 heavy (non-hydrogen) atoms. The molecule has 0 heterocycles. The average Bonchev–Trinajstić information content (AvgIpc) is 2.31. The van der Waals surface area contributed by atoms with Gasteiger partial charge in [-0.3, -0.25) is 4.79 Å². The number of aryl methyl sites for hydroxylation is 1. The molecule has 1 atom stereocenters. The first kappa shape index (κ1) is 13.7. The second-order valence-electron chi connectivity index (χ2n) is 3.90. The van der Waals surface area contributed by atoms with Gasteiger partial charge in [-0.05, 0) is 40.9 Å². The molecule has 90 valence electrons. The van der Waals surface area contributed by atoms with E-state index in [2.05, 4.69) is 21.2 Å². The Bertz CT molecular complexity index is 451. The largest absolute Gasteiger partial charge is 0.324 e. The summed E-state index contributed by atoms with van der Waals surface area (Å²) < 4.78 is 0.863.